The second-order valence-electron chi connectivity index (χ2n) is 7.89. The number of likely N-dealkylation sites (tertiary alicyclic amines) is 1. The number of amides is 1. The van der Waals surface area contributed by atoms with Crippen LogP contribution < -0.4 is 0 Å². The monoisotopic (exact) mass is 367 g/mol. The Morgan fingerprint density at radius 2 is 1.89 bits per heavy atom. The number of aromatic nitrogens is 3. The molecule has 2 aliphatic rings. The van der Waals surface area contributed by atoms with Gasteiger partial charge in [0.15, 0.2) is 0 Å². The van der Waals surface area contributed by atoms with Crippen molar-refractivity contribution in [2.75, 3.05) is 20.1 Å². The zero-order valence-corrected chi connectivity index (χ0v) is 16.1. The van der Waals surface area contributed by atoms with Crippen molar-refractivity contribution in [1.29, 1.82) is 0 Å². The van der Waals surface area contributed by atoms with Crippen LogP contribution in [0.15, 0.2) is 30.6 Å². The lowest BCUT2D eigenvalue weighted by molar-refractivity contribution is 0.0554. The largest absolute Gasteiger partial charge is 0.337 e. The molecule has 6 heteroatoms. The van der Waals surface area contributed by atoms with E-state index in [0.717, 1.165) is 43.2 Å². The first-order valence-electron chi connectivity index (χ1n) is 10.2. The number of piperidine rings is 1. The van der Waals surface area contributed by atoms with Crippen molar-refractivity contribution in [2.24, 2.45) is 0 Å². The standard InChI is InChI=1S/C21H29N5O/c1-25(17-7-3-2-4-8-17)18-9-12-26(13-10-18)21(27)20-14-19(23-24-20)16-6-5-11-22-15-16/h5-6,11,14-15,17-18H,2-4,7-10,12-13H2,1H3,(H,23,24). The zero-order valence-electron chi connectivity index (χ0n) is 16.1. The SMILES string of the molecule is CN(C1CCCCC1)C1CCN(C(=O)c2cc(-c3cccnc3)n[nH]2)CC1. The van der Waals surface area contributed by atoms with Gasteiger partial charge in [0.2, 0.25) is 0 Å². The molecule has 0 bridgehead atoms. The van der Waals surface area contributed by atoms with Crippen LogP contribution in [0.1, 0.15) is 55.4 Å². The predicted molar refractivity (Wildman–Crippen MR) is 105 cm³/mol. The predicted octanol–water partition coefficient (Wildman–Crippen LogP) is 3.34. The van der Waals surface area contributed by atoms with Gasteiger partial charge in [0, 0.05) is 43.1 Å². The van der Waals surface area contributed by atoms with Crippen molar-refractivity contribution in [3.63, 3.8) is 0 Å². The Labute approximate surface area is 161 Å². The lowest BCUT2D eigenvalue weighted by atomic mass is 9.92. The van der Waals surface area contributed by atoms with Crippen LogP contribution in [0.4, 0.5) is 0 Å². The number of nitrogens with zero attached hydrogens (tertiary/aromatic N) is 4. The minimum Gasteiger partial charge on any atom is -0.337 e. The minimum atomic E-state index is 0.0522. The smallest absolute Gasteiger partial charge is 0.271 e. The number of rotatable bonds is 4. The first-order chi connectivity index (χ1) is 13.2. The summed E-state index contributed by atoms with van der Waals surface area (Å²) in [5, 5.41) is 7.19. The summed E-state index contributed by atoms with van der Waals surface area (Å²) in [6.07, 6.45) is 12.4. The summed E-state index contributed by atoms with van der Waals surface area (Å²) in [7, 11) is 2.28. The fourth-order valence-electron chi connectivity index (χ4n) is 4.53. The maximum absolute atomic E-state index is 12.8. The Morgan fingerprint density at radius 1 is 1.15 bits per heavy atom. The van der Waals surface area contributed by atoms with Gasteiger partial charge in [0.05, 0.1) is 5.69 Å². The van der Waals surface area contributed by atoms with Crippen LogP contribution >= 0.6 is 0 Å². The summed E-state index contributed by atoms with van der Waals surface area (Å²) in [5.74, 6) is 0.0522. The summed E-state index contributed by atoms with van der Waals surface area (Å²) in [6, 6.07) is 6.99. The van der Waals surface area contributed by atoms with E-state index in [1.807, 2.05) is 23.1 Å². The Hall–Kier alpha value is -2.21. The van der Waals surface area contributed by atoms with Gasteiger partial charge in [-0.05, 0) is 50.9 Å². The Kier molecular flexibility index (Phi) is 5.53. The van der Waals surface area contributed by atoms with Gasteiger partial charge in [-0.15, -0.1) is 0 Å². The number of carbonyl (C=O) groups is 1. The van der Waals surface area contributed by atoms with Gasteiger partial charge < -0.3 is 9.80 Å². The van der Waals surface area contributed by atoms with Crippen LogP contribution in [-0.4, -0.2) is 63.1 Å². The van der Waals surface area contributed by atoms with Gasteiger partial charge in [-0.3, -0.25) is 14.9 Å². The lowest BCUT2D eigenvalue weighted by Crippen LogP contribution is -2.49. The van der Waals surface area contributed by atoms with E-state index in [9.17, 15) is 4.79 Å². The molecule has 2 aromatic rings. The molecule has 27 heavy (non-hydrogen) atoms. The molecule has 2 aromatic heterocycles. The second kappa shape index (κ2) is 8.21. The summed E-state index contributed by atoms with van der Waals surface area (Å²) in [5.41, 5.74) is 2.24. The van der Waals surface area contributed by atoms with Gasteiger partial charge >= 0.3 is 0 Å². The van der Waals surface area contributed by atoms with Crippen LogP contribution in [0.25, 0.3) is 11.3 Å². The molecule has 1 aliphatic heterocycles. The third kappa shape index (κ3) is 4.05. The number of hydrogen-bond donors (Lipinski definition) is 1. The molecule has 144 valence electrons. The fraction of sp³-hybridized carbons (Fsp3) is 0.571. The number of aromatic amines is 1. The van der Waals surface area contributed by atoms with E-state index >= 15 is 0 Å². The minimum absolute atomic E-state index is 0.0522. The van der Waals surface area contributed by atoms with E-state index in [1.165, 1.54) is 32.1 Å². The summed E-state index contributed by atoms with van der Waals surface area (Å²) < 4.78 is 0. The highest BCUT2D eigenvalue weighted by Gasteiger charge is 2.30. The Balaban J connectivity index is 1.34. The van der Waals surface area contributed by atoms with Crippen molar-refractivity contribution in [2.45, 2.75) is 57.0 Å². The van der Waals surface area contributed by atoms with Crippen LogP contribution in [0, 0.1) is 0 Å². The average Bonchev–Trinajstić information content (AvgIpc) is 3.24. The van der Waals surface area contributed by atoms with E-state index < -0.39 is 0 Å². The maximum Gasteiger partial charge on any atom is 0.271 e. The topological polar surface area (TPSA) is 65.1 Å². The van der Waals surface area contributed by atoms with E-state index in [0.29, 0.717) is 11.7 Å². The van der Waals surface area contributed by atoms with Crippen molar-refractivity contribution in [1.82, 2.24) is 25.0 Å². The molecule has 1 saturated carbocycles. The molecule has 1 aliphatic carbocycles. The molecule has 0 atom stereocenters. The molecule has 4 rings (SSSR count). The molecule has 0 unspecified atom stereocenters. The number of pyridine rings is 1. The molecule has 1 N–H and O–H groups in total. The molecule has 6 nitrogen and oxygen atoms in total. The molecule has 2 fully saturated rings. The third-order valence-corrected chi connectivity index (χ3v) is 6.24. The van der Waals surface area contributed by atoms with Crippen molar-refractivity contribution in [3.8, 4) is 11.3 Å². The summed E-state index contributed by atoms with van der Waals surface area (Å²) >= 11 is 0. The number of H-pyrrole nitrogens is 1. The van der Waals surface area contributed by atoms with Gasteiger partial charge in [-0.2, -0.15) is 5.10 Å². The molecule has 0 radical (unpaired) electrons. The van der Waals surface area contributed by atoms with E-state index in [4.69, 9.17) is 0 Å². The molecular formula is C21H29N5O. The number of carbonyl (C=O) groups excluding carboxylic acids is 1. The third-order valence-electron chi connectivity index (χ3n) is 6.24. The highest BCUT2D eigenvalue weighted by molar-refractivity contribution is 5.93. The highest BCUT2D eigenvalue weighted by Crippen LogP contribution is 2.27. The molecule has 3 heterocycles. The Morgan fingerprint density at radius 3 is 2.59 bits per heavy atom. The van der Waals surface area contributed by atoms with Gasteiger partial charge in [0.1, 0.15) is 5.69 Å². The quantitative estimate of drug-likeness (QED) is 0.900. The van der Waals surface area contributed by atoms with Gasteiger partial charge in [0.25, 0.3) is 5.91 Å². The molecular weight excluding hydrogens is 338 g/mol. The second-order valence-corrected chi connectivity index (χ2v) is 7.89. The van der Waals surface area contributed by atoms with Crippen LogP contribution in [0.5, 0.6) is 0 Å². The zero-order chi connectivity index (χ0) is 18.6. The van der Waals surface area contributed by atoms with Crippen LogP contribution in [0.2, 0.25) is 0 Å². The normalized spacial score (nSPS) is 19.6. The molecule has 1 amide bonds. The van der Waals surface area contributed by atoms with Crippen LogP contribution in [-0.2, 0) is 0 Å². The van der Waals surface area contributed by atoms with E-state index in [-0.39, 0.29) is 5.91 Å². The highest BCUT2D eigenvalue weighted by atomic mass is 16.2. The van der Waals surface area contributed by atoms with Gasteiger partial charge in [-0.25, -0.2) is 0 Å². The average molecular weight is 367 g/mol. The van der Waals surface area contributed by atoms with Crippen LogP contribution in [0.3, 0.4) is 0 Å². The molecule has 0 spiro atoms. The number of hydrogen-bond acceptors (Lipinski definition) is 4. The maximum atomic E-state index is 12.8. The first-order valence-corrected chi connectivity index (χ1v) is 10.2. The molecule has 0 aromatic carbocycles. The van der Waals surface area contributed by atoms with E-state index in [1.54, 1.807) is 12.4 Å². The first kappa shape index (κ1) is 18.2. The summed E-state index contributed by atoms with van der Waals surface area (Å²) in [6.45, 7) is 1.64. The molecule has 1 saturated heterocycles. The summed E-state index contributed by atoms with van der Waals surface area (Å²) in [4.78, 5) is 21.5. The van der Waals surface area contributed by atoms with Crippen molar-refractivity contribution in [3.05, 3.63) is 36.3 Å². The van der Waals surface area contributed by atoms with Crippen molar-refractivity contribution < 1.29 is 4.79 Å². The number of nitrogens with one attached hydrogen (secondary N) is 1. The Bertz CT molecular complexity index is 745. The van der Waals surface area contributed by atoms with E-state index in [2.05, 4.69) is 27.1 Å². The fourth-order valence-corrected chi connectivity index (χ4v) is 4.53. The van der Waals surface area contributed by atoms with Gasteiger partial charge in [-0.1, -0.05) is 19.3 Å². The lowest BCUT2D eigenvalue weighted by Gasteiger charge is -2.41. The van der Waals surface area contributed by atoms with Crippen molar-refractivity contribution >= 4 is 5.91 Å².